The van der Waals surface area contributed by atoms with Crippen LogP contribution in [0.3, 0.4) is 0 Å². The molecular formula is C22H34N4O. The van der Waals surface area contributed by atoms with Crippen molar-refractivity contribution in [3.8, 4) is 0 Å². The van der Waals surface area contributed by atoms with E-state index >= 15 is 0 Å². The Morgan fingerprint density at radius 3 is 2.70 bits per heavy atom. The molecule has 2 heterocycles. The summed E-state index contributed by atoms with van der Waals surface area (Å²) in [5.74, 6) is 1.10. The number of hydrogen-bond donors (Lipinski definition) is 1. The van der Waals surface area contributed by atoms with Gasteiger partial charge in [-0.1, -0.05) is 24.3 Å². The van der Waals surface area contributed by atoms with Gasteiger partial charge >= 0.3 is 0 Å². The Kier molecular flexibility index (Phi) is 5.69. The summed E-state index contributed by atoms with van der Waals surface area (Å²) < 4.78 is 5.52. The van der Waals surface area contributed by atoms with Crippen LogP contribution >= 0.6 is 0 Å². The highest BCUT2D eigenvalue weighted by Gasteiger charge is 2.45. The summed E-state index contributed by atoms with van der Waals surface area (Å²) in [5, 5.41) is 3.55. The van der Waals surface area contributed by atoms with Gasteiger partial charge in [0.05, 0.1) is 19.8 Å². The highest BCUT2D eigenvalue weighted by Crippen LogP contribution is 2.49. The quantitative estimate of drug-likeness (QED) is 0.638. The molecule has 4 rings (SSSR count). The molecule has 0 bridgehead atoms. The van der Waals surface area contributed by atoms with Gasteiger partial charge < -0.3 is 15.0 Å². The second kappa shape index (κ2) is 8.19. The number of ether oxygens (including phenoxy) is 1. The van der Waals surface area contributed by atoms with Crippen LogP contribution in [0, 0.1) is 6.92 Å². The van der Waals surface area contributed by atoms with Crippen LogP contribution in [0.5, 0.6) is 0 Å². The van der Waals surface area contributed by atoms with Gasteiger partial charge in [-0.2, -0.15) is 0 Å². The molecule has 3 aliphatic rings. The molecule has 5 heteroatoms. The Morgan fingerprint density at radius 1 is 1.22 bits per heavy atom. The van der Waals surface area contributed by atoms with Gasteiger partial charge in [-0.15, -0.1) is 0 Å². The van der Waals surface area contributed by atoms with Crippen molar-refractivity contribution >= 4 is 5.96 Å². The number of aryl methyl sites for hydroxylation is 1. The van der Waals surface area contributed by atoms with E-state index in [-0.39, 0.29) is 5.41 Å². The molecule has 27 heavy (non-hydrogen) atoms. The number of morpholine rings is 1. The maximum Gasteiger partial charge on any atom is 0.193 e. The predicted octanol–water partition coefficient (Wildman–Crippen LogP) is 2.40. The zero-order chi connectivity index (χ0) is 18.7. The summed E-state index contributed by atoms with van der Waals surface area (Å²) in [4.78, 5) is 10.2. The first kappa shape index (κ1) is 18.8. The van der Waals surface area contributed by atoms with Crippen molar-refractivity contribution in [1.82, 2.24) is 15.1 Å². The van der Waals surface area contributed by atoms with Crippen molar-refractivity contribution in [1.29, 1.82) is 0 Å². The minimum Gasteiger partial charge on any atom is -0.379 e. The highest BCUT2D eigenvalue weighted by molar-refractivity contribution is 5.80. The Labute approximate surface area is 163 Å². The third-order valence-electron chi connectivity index (χ3n) is 6.46. The third kappa shape index (κ3) is 4.14. The molecule has 2 aliphatic heterocycles. The van der Waals surface area contributed by atoms with Crippen molar-refractivity contribution in [3.05, 3.63) is 35.4 Å². The monoisotopic (exact) mass is 370 g/mol. The molecular weight excluding hydrogens is 336 g/mol. The summed E-state index contributed by atoms with van der Waals surface area (Å²) in [6.07, 6.45) is 3.75. The summed E-state index contributed by atoms with van der Waals surface area (Å²) in [5.41, 5.74) is 3.18. The SMILES string of the molecule is CCNC(=NCC1(c2ccccc2C)CC1)N1CCC(N2CCOCC2)C1. The minimum absolute atomic E-state index is 0.273. The Balaban J connectivity index is 1.43. The zero-order valence-corrected chi connectivity index (χ0v) is 16.9. The van der Waals surface area contributed by atoms with Crippen LogP contribution < -0.4 is 5.32 Å². The smallest absolute Gasteiger partial charge is 0.193 e. The fourth-order valence-corrected chi connectivity index (χ4v) is 4.66. The van der Waals surface area contributed by atoms with Crippen LogP contribution in [0.2, 0.25) is 0 Å². The fraction of sp³-hybridized carbons (Fsp3) is 0.682. The number of rotatable bonds is 5. The van der Waals surface area contributed by atoms with Gasteiger partial charge in [0.15, 0.2) is 5.96 Å². The van der Waals surface area contributed by atoms with E-state index in [9.17, 15) is 0 Å². The molecule has 1 atom stereocenters. The molecule has 1 saturated carbocycles. The Hall–Kier alpha value is -1.59. The van der Waals surface area contributed by atoms with Gasteiger partial charge in [0.25, 0.3) is 0 Å². The number of likely N-dealkylation sites (tertiary alicyclic amines) is 1. The van der Waals surface area contributed by atoms with E-state index in [2.05, 4.69) is 53.2 Å². The summed E-state index contributed by atoms with van der Waals surface area (Å²) in [6, 6.07) is 9.49. The molecule has 1 unspecified atom stereocenters. The molecule has 1 aromatic rings. The topological polar surface area (TPSA) is 40.1 Å². The van der Waals surface area contributed by atoms with E-state index in [0.717, 1.165) is 58.4 Å². The second-order valence-corrected chi connectivity index (χ2v) is 8.30. The van der Waals surface area contributed by atoms with E-state index in [1.165, 1.54) is 30.4 Å². The van der Waals surface area contributed by atoms with E-state index in [4.69, 9.17) is 9.73 Å². The van der Waals surface area contributed by atoms with Crippen LogP contribution in [0.15, 0.2) is 29.3 Å². The van der Waals surface area contributed by atoms with E-state index in [0.29, 0.717) is 6.04 Å². The molecule has 5 nitrogen and oxygen atoms in total. The maximum absolute atomic E-state index is 5.52. The van der Waals surface area contributed by atoms with Crippen molar-refractivity contribution in [3.63, 3.8) is 0 Å². The van der Waals surface area contributed by atoms with Gasteiger partial charge in [0.2, 0.25) is 0 Å². The Bertz CT molecular complexity index is 664. The Morgan fingerprint density at radius 2 is 2.00 bits per heavy atom. The van der Waals surface area contributed by atoms with Crippen LogP contribution in [0.4, 0.5) is 0 Å². The van der Waals surface area contributed by atoms with E-state index in [1.807, 2.05) is 0 Å². The lowest BCUT2D eigenvalue weighted by Crippen LogP contribution is -2.46. The first-order chi connectivity index (χ1) is 13.2. The largest absolute Gasteiger partial charge is 0.379 e. The predicted molar refractivity (Wildman–Crippen MR) is 110 cm³/mol. The van der Waals surface area contributed by atoms with Crippen molar-refractivity contribution in [2.75, 3.05) is 52.5 Å². The number of hydrogen-bond acceptors (Lipinski definition) is 3. The highest BCUT2D eigenvalue weighted by atomic mass is 16.5. The van der Waals surface area contributed by atoms with Crippen LogP contribution in [-0.2, 0) is 10.2 Å². The number of guanidine groups is 1. The summed E-state index contributed by atoms with van der Waals surface area (Å²) in [7, 11) is 0. The lowest BCUT2D eigenvalue weighted by Gasteiger charge is -2.32. The minimum atomic E-state index is 0.273. The summed E-state index contributed by atoms with van der Waals surface area (Å²) in [6.45, 7) is 12.3. The van der Waals surface area contributed by atoms with Crippen LogP contribution in [0.1, 0.15) is 37.3 Å². The molecule has 1 aliphatic carbocycles. The molecule has 0 amide bonds. The first-order valence-electron chi connectivity index (χ1n) is 10.6. The molecule has 1 aromatic carbocycles. The standard InChI is InChI=1S/C22H34N4O/c1-3-23-21(26-11-8-19(16-26)25-12-14-27-15-13-25)24-17-22(9-10-22)20-7-5-4-6-18(20)2/h4-7,19H,3,8-17H2,1-2H3,(H,23,24). The van der Waals surface area contributed by atoms with Gasteiger partial charge in [-0.25, -0.2) is 0 Å². The molecule has 148 valence electrons. The number of nitrogens with one attached hydrogen (secondary N) is 1. The van der Waals surface area contributed by atoms with Crippen molar-refractivity contribution < 1.29 is 4.74 Å². The van der Waals surface area contributed by atoms with Crippen LogP contribution in [0.25, 0.3) is 0 Å². The lowest BCUT2D eigenvalue weighted by molar-refractivity contribution is 0.0195. The maximum atomic E-state index is 5.52. The molecule has 0 radical (unpaired) electrons. The van der Waals surface area contributed by atoms with Gasteiger partial charge in [-0.05, 0) is 44.2 Å². The number of aliphatic imine (C=N–C) groups is 1. The lowest BCUT2D eigenvalue weighted by atomic mass is 9.92. The van der Waals surface area contributed by atoms with Crippen molar-refractivity contribution in [2.45, 2.75) is 44.6 Å². The van der Waals surface area contributed by atoms with E-state index in [1.54, 1.807) is 0 Å². The normalized spacial score (nSPS) is 25.6. The summed E-state index contributed by atoms with van der Waals surface area (Å²) >= 11 is 0. The zero-order valence-electron chi connectivity index (χ0n) is 16.9. The van der Waals surface area contributed by atoms with Gasteiger partial charge in [0, 0.05) is 44.2 Å². The van der Waals surface area contributed by atoms with Gasteiger partial charge in [-0.3, -0.25) is 9.89 Å². The first-order valence-corrected chi connectivity index (χ1v) is 10.6. The average Bonchev–Trinajstić information content (AvgIpc) is 3.32. The molecule has 0 spiro atoms. The number of benzene rings is 1. The van der Waals surface area contributed by atoms with Crippen molar-refractivity contribution in [2.24, 2.45) is 4.99 Å². The average molecular weight is 371 g/mol. The second-order valence-electron chi connectivity index (χ2n) is 8.30. The molecule has 0 aromatic heterocycles. The third-order valence-corrected chi connectivity index (χ3v) is 6.46. The van der Waals surface area contributed by atoms with Gasteiger partial charge in [0.1, 0.15) is 0 Å². The molecule has 1 N–H and O–H groups in total. The molecule has 3 fully saturated rings. The van der Waals surface area contributed by atoms with Crippen LogP contribution in [-0.4, -0.2) is 74.3 Å². The fourth-order valence-electron chi connectivity index (χ4n) is 4.66. The molecule has 2 saturated heterocycles. The number of nitrogens with zero attached hydrogens (tertiary/aromatic N) is 3. The van der Waals surface area contributed by atoms with E-state index < -0.39 is 0 Å².